The van der Waals surface area contributed by atoms with Crippen molar-refractivity contribution in [1.29, 1.82) is 0 Å². The van der Waals surface area contributed by atoms with E-state index >= 15 is 0 Å². The summed E-state index contributed by atoms with van der Waals surface area (Å²) in [6.45, 7) is 2.03. The minimum atomic E-state index is -0.394. The number of carbonyl (C=O) groups excluding carboxylic acids is 1. The molecule has 0 aliphatic carbocycles. The topological polar surface area (TPSA) is 56.0 Å². The molecule has 3 nitrogen and oxygen atoms in total. The largest absolute Gasteiger partial charge is 0.321 e. The molecule has 1 atom stereocenters. The van der Waals surface area contributed by atoms with Gasteiger partial charge in [-0.2, -0.15) is 0 Å². The Balaban J connectivity index is 2.33. The average molecular weight is 228 g/mol. The maximum Gasteiger partial charge on any atom is 0.179 e. The fourth-order valence-corrected chi connectivity index (χ4v) is 1.89. The number of Topliss-reactive ketones (excluding diaryl/α,β-unsaturated/α-hetero) is 1. The highest BCUT2D eigenvalue weighted by Gasteiger charge is 2.14. The first-order valence-corrected chi connectivity index (χ1v) is 5.87. The van der Waals surface area contributed by atoms with Crippen molar-refractivity contribution in [1.82, 2.24) is 4.98 Å². The lowest BCUT2D eigenvalue weighted by Crippen LogP contribution is -2.30. The van der Waals surface area contributed by atoms with E-state index in [0.29, 0.717) is 5.56 Å². The van der Waals surface area contributed by atoms with Gasteiger partial charge in [0.15, 0.2) is 5.78 Å². The van der Waals surface area contributed by atoms with E-state index in [1.807, 2.05) is 31.2 Å². The van der Waals surface area contributed by atoms with Gasteiger partial charge in [0.2, 0.25) is 0 Å². The summed E-state index contributed by atoms with van der Waals surface area (Å²) in [6, 6.07) is 8.94. The molecule has 1 unspecified atom stereocenters. The molecule has 1 aromatic heterocycles. The van der Waals surface area contributed by atoms with Gasteiger partial charge in [0, 0.05) is 17.1 Å². The van der Waals surface area contributed by atoms with Crippen molar-refractivity contribution in [3.8, 4) is 0 Å². The van der Waals surface area contributed by atoms with Crippen molar-refractivity contribution in [3.63, 3.8) is 0 Å². The molecule has 17 heavy (non-hydrogen) atoms. The lowest BCUT2D eigenvalue weighted by atomic mass is 10.00. The third kappa shape index (κ3) is 2.50. The van der Waals surface area contributed by atoms with Gasteiger partial charge >= 0.3 is 0 Å². The molecular formula is C14H16N2O. The summed E-state index contributed by atoms with van der Waals surface area (Å²) in [5.74, 6) is 0.0117. The van der Waals surface area contributed by atoms with E-state index in [2.05, 4.69) is 4.98 Å². The number of benzene rings is 1. The molecule has 2 rings (SSSR count). The Morgan fingerprint density at radius 3 is 3.00 bits per heavy atom. The maximum atomic E-state index is 12.0. The zero-order chi connectivity index (χ0) is 12.3. The highest BCUT2D eigenvalue weighted by Crippen LogP contribution is 2.15. The number of nitrogens with two attached hydrogens (primary N) is 1. The molecule has 0 radical (unpaired) electrons. The van der Waals surface area contributed by atoms with Gasteiger partial charge in [-0.25, -0.2) is 0 Å². The fourth-order valence-electron chi connectivity index (χ4n) is 1.89. The van der Waals surface area contributed by atoms with E-state index in [-0.39, 0.29) is 5.78 Å². The average Bonchev–Trinajstić information content (AvgIpc) is 2.37. The van der Waals surface area contributed by atoms with Crippen LogP contribution in [0.2, 0.25) is 0 Å². The van der Waals surface area contributed by atoms with E-state index < -0.39 is 6.04 Å². The third-order valence-corrected chi connectivity index (χ3v) is 2.82. The lowest BCUT2D eigenvalue weighted by Gasteiger charge is -2.09. The highest BCUT2D eigenvalue weighted by molar-refractivity contribution is 6.02. The Bertz CT molecular complexity index is 536. The lowest BCUT2D eigenvalue weighted by molar-refractivity contribution is 0.0957. The molecule has 0 amide bonds. The molecule has 1 aromatic carbocycles. The summed E-state index contributed by atoms with van der Waals surface area (Å²) in [7, 11) is 0. The second-order valence-corrected chi connectivity index (χ2v) is 4.17. The van der Waals surface area contributed by atoms with Crippen molar-refractivity contribution >= 4 is 16.7 Å². The van der Waals surface area contributed by atoms with Gasteiger partial charge in [-0.15, -0.1) is 0 Å². The van der Waals surface area contributed by atoms with Crippen LogP contribution in [0.4, 0.5) is 0 Å². The number of hydrogen-bond acceptors (Lipinski definition) is 3. The molecule has 0 saturated heterocycles. The van der Waals surface area contributed by atoms with E-state index in [9.17, 15) is 4.79 Å². The minimum Gasteiger partial charge on any atom is -0.321 e. The van der Waals surface area contributed by atoms with Gasteiger partial charge in [-0.1, -0.05) is 19.4 Å². The SMILES string of the molecule is CCCC(N)C(=O)c1ccc2ncccc2c1. The molecule has 0 fully saturated rings. The van der Waals surface area contributed by atoms with Crippen LogP contribution in [-0.2, 0) is 0 Å². The first-order valence-electron chi connectivity index (χ1n) is 5.87. The molecular weight excluding hydrogens is 212 g/mol. The van der Waals surface area contributed by atoms with E-state index in [1.165, 1.54) is 0 Å². The second kappa shape index (κ2) is 5.06. The number of rotatable bonds is 4. The molecule has 0 saturated carbocycles. The van der Waals surface area contributed by atoms with Gasteiger partial charge in [-0.3, -0.25) is 9.78 Å². The monoisotopic (exact) mass is 228 g/mol. The molecule has 1 heterocycles. The predicted molar refractivity (Wildman–Crippen MR) is 69.0 cm³/mol. The minimum absolute atomic E-state index is 0.0117. The molecule has 3 heteroatoms. The van der Waals surface area contributed by atoms with Gasteiger partial charge in [0.25, 0.3) is 0 Å². The second-order valence-electron chi connectivity index (χ2n) is 4.17. The summed E-state index contributed by atoms with van der Waals surface area (Å²) in [4.78, 5) is 16.3. The van der Waals surface area contributed by atoms with Crippen LogP contribution in [0.5, 0.6) is 0 Å². The molecule has 2 aromatic rings. The molecule has 0 aliphatic rings. The van der Waals surface area contributed by atoms with E-state index in [0.717, 1.165) is 23.7 Å². The Kier molecular flexibility index (Phi) is 3.49. The summed E-state index contributed by atoms with van der Waals surface area (Å²) in [5.41, 5.74) is 7.41. The van der Waals surface area contributed by atoms with Crippen molar-refractivity contribution in [3.05, 3.63) is 42.1 Å². The quantitative estimate of drug-likeness (QED) is 0.818. The van der Waals surface area contributed by atoms with Gasteiger partial charge < -0.3 is 5.73 Å². The summed E-state index contributed by atoms with van der Waals surface area (Å²) < 4.78 is 0. The Labute approximate surface area is 101 Å². The zero-order valence-electron chi connectivity index (χ0n) is 9.89. The summed E-state index contributed by atoms with van der Waals surface area (Å²) in [6.07, 6.45) is 3.39. The molecule has 2 N–H and O–H groups in total. The molecule has 88 valence electrons. The van der Waals surface area contributed by atoms with Crippen molar-refractivity contribution in [2.24, 2.45) is 5.73 Å². The number of hydrogen-bond donors (Lipinski definition) is 1. The van der Waals surface area contributed by atoms with Gasteiger partial charge in [0.1, 0.15) is 0 Å². The third-order valence-electron chi connectivity index (χ3n) is 2.82. The Morgan fingerprint density at radius 1 is 1.41 bits per heavy atom. The fraction of sp³-hybridized carbons (Fsp3) is 0.286. The number of carbonyl (C=O) groups is 1. The first kappa shape index (κ1) is 11.7. The maximum absolute atomic E-state index is 12.0. The van der Waals surface area contributed by atoms with Crippen LogP contribution < -0.4 is 5.73 Å². The van der Waals surface area contributed by atoms with Gasteiger partial charge in [0.05, 0.1) is 11.6 Å². The van der Waals surface area contributed by atoms with Crippen LogP contribution in [0, 0.1) is 0 Å². The predicted octanol–water partition coefficient (Wildman–Crippen LogP) is 2.54. The van der Waals surface area contributed by atoms with Crippen LogP contribution >= 0.6 is 0 Å². The van der Waals surface area contributed by atoms with Crippen molar-refractivity contribution in [2.75, 3.05) is 0 Å². The number of nitrogens with zero attached hydrogens (tertiary/aromatic N) is 1. The normalized spacial score (nSPS) is 12.6. The van der Waals surface area contributed by atoms with Crippen molar-refractivity contribution < 1.29 is 4.79 Å². The smallest absolute Gasteiger partial charge is 0.179 e. The Morgan fingerprint density at radius 2 is 2.24 bits per heavy atom. The zero-order valence-corrected chi connectivity index (χ0v) is 9.89. The number of ketones is 1. The standard InChI is InChI=1S/C14H16N2O/c1-2-4-12(15)14(17)11-6-7-13-10(9-11)5-3-8-16-13/h3,5-9,12H,2,4,15H2,1H3. The molecule has 0 bridgehead atoms. The van der Waals surface area contributed by atoms with Crippen LogP contribution in [0.1, 0.15) is 30.1 Å². The number of fused-ring (bicyclic) bond motifs is 1. The Hall–Kier alpha value is -1.74. The van der Waals surface area contributed by atoms with E-state index in [4.69, 9.17) is 5.73 Å². The molecule has 0 spiro atoms. The van der Waals surface area contributed by atoms with Crippen LogP contribution in [0.25, 0.3) is 10.9 Å². The van der Waals surface area contributed by atoms with Gasteiger partial charge in [-0.05, 0) is 30.7 Å². The summed E-state index contributed by atoms with van der Waals surface area (Å²) >= 11 is 0. The number of pyridine rings is 1. The molecule has 0 aliphatic heterocycles. The van der Waals surface area contributed by atoms with Crippen molar-refractivity contribution in [2.45, 2.75) is 25.8 Å². The summed E-state index contributed by atoms with van der Waals surface area (Å²) in [5, 5.41) is 0.974. The highest BCUT2D eigenvalue weighted by atomic mass is 16.1. The van der Waals surface area contributed by atoms with Crippen LogP contribution in [0.15, 0.2) is 36.5 Å². The van der Waals surface area contributed by atoms with Crippen LogP contribution in [-0.4, -0.2) is 16.8 Å². The van der Waals surface area contributed by atoms with Crippen LogP contribution in [0.3, 0.4) is 0 Å². The number of aromatic nitrogens is 1. The first-order chi connectivity index (χ1) is 8.22. The van der Waals surface area contributed by atoms with E-state index in [1.54, 1.807) is 12.3 Å².